The number of primary amides is 1. The van der Waals surface area contributed by atoms with Crippen molar-refractivity contribution in [2.45, 2.75) is 64.0 Å². The van der Waals surface area contributed by atoms with Crippen molar-refractivity contribution in [1.29, 1.82) is 0 Å². The lowest BCUT2D eigenvalue weighted by atomic mass is 9.88. The van der Waals surface area contributed by atoms with Crippen molar-refractivity contribution in [2.24, 2.45) is 11.7 Å². The van der Waals surface area contributed by atoms with E-state index < -0.39 is 5.54 Å². The van der Waals surface area contributed by atoms with Gasteiger partial charge in [0.1, 0.15) is 0 Å². The first-order chi connectivity index (χ1) is 9.66. The van der Waals surface area contributed by atoms with Gasteiger partial charge in [-0.15, -0.1) is 11.3 Å². The van der Waals surface area contributed by atoms with Crippen molar-refractivity contribution < 1.29 is 4.79 Å². The number of nitrogens with one attached hydrogen (secondary N) is 1. The summed E-state index contributed by atoms with van der Waals surface area (Å²) in [5, 5.41) is 5.54. The van der Waals surface area contributed by atoms with E-state index in [2.05, 4.69) is 23.7 Å². The number of amides is 1. The van der Waals surface area contributed by atoms with Gasteiger partial charge in [-0.3, -0.25) is 10.1 Å². The molecule has 20 heavy (non-hydrogen) atoms. The molecule has 1 saturated carbocycles. The lowest BCUT2D eigenvalue weighted by Gasteiger charge is -2.30. The summed E-state index contributed by atoms with van der Waals surface area (Å²) < 4.78 is 0. The van der Waals surface area contributed by atoms with E-state index in [4.69, 9.17) is 5.73 Å². The molecule has 1 aliphatic carbocycles. The minimum atomic E-state index is -0.494. The Balaban J connectivity index is 1.99. The normalized spacial score (nSPS) is 27.1. The van der Waals surface area contributed by atoms with Crippen LogP contribution in [0.5, 0.6) is 0 Å². The molecule has 1 heterocycles. The third-order valence-corrected chi connectivity index (χ3v) is 5.42. The van der Waals surface area contributed by atoms with E-state index in [1.807, 2.05) is 6.07 Å². The van der Waals surface area contributed by atoms with Crippen LogP contribution in [-0.4, -0.2) is 11.4 Å². The maximum Gasteiger partial charge on any atom is 0.237 e. The van der Waals surface area contributed by atoms with Crippen LogP contribution in [0, 0.1) is 5.92 Å². The zero-order chi connectivity index (χ0) is 14.4. The van der Waals surface area contributed by atoms with Crippen molar-refractivity contribution in [1.82, 2.24) is 5.32 Å². The molecule has 0 aliphatic heterocycles. The largest absolute Gasteiger partial charge is 0.368 e. The van der Waals surface area contributed by atoms with Gasteiger partial charge in [-0.25, -0.2) is 0 Å². The first kappa shape index (κ1) is 15.5. The Morgan fingerprint density at radius 2 is 2.35 bits per heavy atom. The molecule has 112 valence electrons. The standard InChI is InChI=1S/C16H26N2OS/c1-2-5-13-6-3-9-16(10-8-13,15(17)19)18-12-14-7-4-11-20-14/h4,7,11,13,18H,2-3,5-6,8-10,12H2,1H3,(H2,17,19). The predicted molar refractivity (Wildman–Crippen MR) is 84.6 cm³/mol. The average molecular weight is 294 g/mol. The lowest BCUT2D eigenvalue weighted by Crippen LogP contribution is -2.54. The van der Waals surface area contributed by atoms with E-state index in [0.29, 0.717) is 0 Å². The van der Waals surface area contributed by atoms with E-state index >= 15 is 0 Å². The van der Waals surface area contributed by atoms with Crippen LogP contribution in [0.2, 0.25) is 0 Å². The van der Waals surface area contributed by atoms with E-state index in [-0.39, 0.29) is 5.91 Å². The minimum Gasteiger partial charge on any atom is -0.368 e. The van der Waals surface area contributed by atoms with Gasteiger partial charge in [-0.1, -0.05) is 38.7 Å². The van der Waals surface area contributed by atoms with Gasteiger partial charge in [0.05, 0.1) is 5.54 Å². The summed E-state index contributed by atoms with van der Waals surface area (Å²) in [6, 6.07) is 4.14. The van der Waals surface area contributed by atoms with Crippen LogP contribution in [-0.2, 0) is 11.3 Å². The van der Waals surface area contributed by atoms with Crippen LogP contribution >= 0.6 is 11.3 Å². The third kappa shape index (κ3) is 3.83. The molecule has 3 N–H and O–H groups in total. The second-order valence-electron chi connectivity index (χ2n) is 5.96. The molecular formula is C16H26N2OS. The van der Waals surface area contributed by atoms with Crippen molar-refractivity contribution in [3.05, 3.63) is 22.4 Å². The number of rotatable bonds is 6. The van der Waals surface area contributed by atoms with Gasteiger partial charge >= 0.3 is 0 Å². The van der Waals surface area contributed by atoms with Crippen molar-refractivity contribution in [2.75, 3.05) is 0 Å². The minimum absolute atomic E-state index is 0.175. The number of hydrogen-bond acceptors (Lipinski definition) is 3. The number of carbonyl (C=O) groups is 1. The first-order valence-electron chi connectivity index (χ1n) is 7.73. The lowest BCUT2D eigenvalue weighted by molar-refractivity contribution is -0.125. The second-order valence-corrected chi connectivity index (χ2v) is 7.00. The number of thiophene rings is 1. The van der Waals surface area contributed by atoms with Crippen LogP contribution in [0.4, 0.5) is 0 Å². The van der Waals surface area contributed by atoms with Gasteiger partial charge in [-0.05, 0) is 36.6 Å². The molecule has 0 spiro atoms. The Labute approximate surface area is 125 Å². The Bertz CT molecular complexity index is 418. The van der Waals surface area contributed by atoms with E-state index in [1.165, 1.54) is 24.1 Å². The molecule has 2 atom stereocenters. The van der Waals surface area contributed by atoms with Crippen LogP contribution in [0.25, 0.3) is 0 Å². The SMILES string of the molecule is CCCC1CCCC(NCc2cccs2)(C(N)=O)CC1. The monoisotopic (exact) mass is 294 g/mol. The van der Waals surface area contributed by atoms with Crippen molar-refractivity contribution >= 4 is 17.2 Å². The van der Waals surface area contributed by atoms with Gasteiger partial charge < -0.3 is 5.73 Å². The molecule has 1 aromatic rings. The van der Waals surface area contributed by atoms with Crippen LogP contribution < -0.4 is 11.1 Å². The number of hydrogen-bond donors (Lipinski definition) is 2. The molecule has 1 aliphatic rings. The molecule has 0 aromatic carbocycles. The van der Waals surface area contributed by atoms with Gasteiger partial charge in [0.25, 0.3) is 0 Å². The second kappa shape index (κ2) is 7.23. The quantitative estimate of drug-likeness (QED) is 0.790. The fraction of sp³-hybridized carbons (Fsp3) is 0.688. The Morgan fingerprint density at radius 3 is 3.00 bits per heavy atom. The summed E-state index contributed by atoms with van der Waals surface area (Å²) in [6.07, 6.45) is 7.74. The fourth-order valence-corrected chi connectivity index (χ4v) is 3.93. The molecule has 0 radical (unpaired) electrons. The Morgan fingerprint density at radius 1 is 1.50 bits per heavy atom. The summed E-state index contributed by atoms with van der Waals surface area (Å²) in [6.45, 7) is 2.99. The third-order valence-electron chi connectivity index (χ3n) is 4.54. The van der Waals surface area contributed by atoms with E-state index in [9.17, 15) is 4.79 Å². The van der Waals surface area contributed by atoms with Crippen molar-refractivity contribution in [3.8, 4) is 0 Å². The maximum absolute atomic E-state index is 12.0. The summed E-state index contributed by atoms with van der Waals surface area (Å²) in [5.41, 5.74) is 5.24. The van der Waals surface area contributed by atoms with Gasteiger partial charge in [0.15, 0.2) is 0 Å². The van der Waals surface area contributed by atoms with Crippen LogP contribution in [0.1, 0.15) is 56.7 Å². The van der Waals surface area contributed by atoms with E-state index in [0.717, 1.165) is 38.1 Å². The molecule has 2 rings (SSSR count). The van der Waals surface area contributed by atoms with Crippen LogP contribution in [0.3, 0.4) is 0 Å². The maximum atomic E-state index is 12.0. The number of carbonyl (C=O) groups excluding carboxylic acids is 1. The molecule has 0 bridgehead atoms. The van der Waals surface area contributed by atoms with E-state index in [1.54, 1.807) is 11.3 Å². The summed E-state index contributed by atoms with van der Waals surface area (Å²) in [7, 11) is 0. The molecule has 1 amide bonds. The number of nitrogens with two attached hydrogens (primary N) is 1. The highest BCUT2D eigenvalue weighted by Crippen LogP contribution is 2.33. The molecule has 2 unspecified atom stereocenters. The zero-order valence-electron chi connectivity index (χ0n) is 12.4. The summed E-state index contributed by atoms with van der Waals surface area (Å²) >= 11 is 1.72. The smallest absolute Gasteiger partial charge is 0.237 e. The molecule has 0 saturated heterocycles. The highest BCUT2D eigenvalue weighted by Gasteiger charge is 2.37. The Hall–Kier alpha value is -0.870. The van der Waals surface area contributed by atoms with Gasteiger partial charge in [0, 0.05) is 11.4 Å². The fourth-order valence-electron chi connectivity index (χ4n) is 3.29. The average Bonchev–Trinajstić information content (AvgIpc) is 2.85. The van der Waals surface area contributed by atoms with Crippen LogP contribution in [0.15, 0.2) is 17.5 Å². The molecule has 4 heteroatoms. The molecule has 1 aromatic heterocycles. The first-order valence-corrected chi connectivity index (χ1v) is 8.61. The van der Waals surface area contributed by atoms with Gasteiger partial charge in [0.2, 0.25) is 5.91 Å². The topological polar surface area (TPSA) is 55.1 Å². The molecule has 3 nitrogen and oxygen atoms in total. The van der Waals surface area contributed by atoms with Gasteiger partial charge in [-0.2, -0.15) is 0 Å². The van der Waals surface area contributed by atoms with Crippen molar-refractivity contribution in [3.63, 3.8) is 0 Å². The molecule has 1 fully saturated rings. The highest BCUT2D eigenvalue weighted by atomic mass is 32.1. The molecular weight excluding hydrogens is 268 g/mol. The summed E-state index contributed by atoms with van der Waals surface area (Å²) in [5.74, 6) is 0.593. The Kier molecular flexibility index (Phi) is 5.61. The predicted octanol–water partition coefficient (Wildman–Crippen LogP) is 3.44. The summed E-state index contributed by atoms with van der Waals surface area (Å²) in [4.78, 5) is 13.3. The highest BCUT2D eigenvalue weighted by molar-refractivity contribution is 7.09. The zero-order valence-corrected chi connectivity index (χ0v) is 13.2.